The lowest BCUT2D eigenvalue weighted by Gasteiger charge is -2.35. The van der Waals surface area contributed by atoms with Gasteiger partial charge >= 0.3 is 0 Å². The van der Waals surface area contributed by atoms with Gasteiger partial charge in [-0.15, -0.1) is 11.3 Å². The van der Waals surface area contributed by atoms with Crippen LogP contribution in [0.25, 0.3) is 0 Å². The number of carbonyl (C=O) groups is 2. The number of aromatic nitrogens is 1. The SMILES string of the molecule is CC(=O)Nc1nc(C(=O)N(C)C2CC3CCC(C2)N3)cs1. The minimum absolute atomic E-state index is 0.0610. The third kappa shape index (κ3) is 3.08. The summed E-state index contributed by atoms with van der Waals surface area (Å²) in [6, 6.07) is 1.38. The number of amides is 2. The van der Waals surface area contributed by atoms with Gasteiger partial charge in [-0.1, -0.05) is 0 Å². The van der Waals surface area contributed by atoms with Crippen molar-refractivity contribution in [2.45, 2.75) is 50.7 Å². The van der Waals surface area contributed by atoms with Crippen LogP contribution in [0.2, 0.25) is 0 Å². The first-order valence-corrected chi connectivity index (χ1v) is 8.17. The molecule has 1 aromatic heterocycles. The first-order chi connectivity index (χ1) is 10.0. The van der Waals surface area contributed by atoms with Gasteiger partial charge in [0, 0.05) is 37.5 Å². The molecule has 21 heavy (non-hydrogen) atoms. The maximum atomic E-state index is 12.5. The van der Waals surface area contributed by atoms with Crippen LogP contribution in [0, 0.1) is 0 Å². The molecule has 114 valence electrons. The minimum Gasteiger partial charge on any atom is -0.337 e. The van der Waals surface area contributed by atoms with Gasteiger partial charge in [0.15, 0.2) is 5.13 Å². The van der Waals surface area contributed by atoms with Crippen LogP contribution in [0.15, 0.2) is 5.38 Å². The number of anilines is 1. The molecule has 3 heterocycles. The van der Waals surface area contributed by atoms with Crippen LogP contribution >= 0.6 is 11.3 Å². The van der Waals surface area contributed by atoms with E-state index in [9.17, 15) is 9.59 Å². The molecule has 0 radical (unpaired) electrons. The number of nitrogens with zero attached hydrogens (tertiary/aromatic N) is 2. The predicted octanol–water partition coefficient (Wildman–Crippen LogP) is 1.46. The molecule has 2 fully saturated rings. The third-order valence-corrected chi connectivity index (χ3v) is 5.08. The number of carbonyl (C=O) groups excluding carboxylic acids is 2. The number of hydrogen-bond acceptors (Lipinski definition) is 5. The number of thiazole rings is 1. The van der Waals surface area contributed by atoms with Crippen molar-refractivity contribution in [3.05, 3.63) is 11.1 Å². The van der Waals surface area contributed by atoms with Crippen LogP contribution in [0.4, 0.5) is 5.13 Å². The summed E-state index contributed by atoms with van der Waals surface area (Å²) in [7, 11) is 1.86. The normalized spacial score (nSPS) is 27.4. The van der Waals surface area contributed by atoms with Gasteiger partial charge in [0.2, 0.25) is 5.91 Å². The van der Waals surface area contributed by atoms with Crippen LogP contribution in [0.5, 0.6) is 0 Å². The quantitative estimate of drug-likeness (QED) is 0.886. The molecule has 1 aromatic rings. The van der Waals surface area contributed by atoms with Gasteiger partial charge in [0.05, 0.1) is 0 Å². The summed E-state index contributed by atoms with van der Waals surface area (Å²) in [5, 5.41) is 8.38. The molecule has 2 amide bonds. The minimum atomic E-state index is -0.174. The van der Waals surface area contributed by atoms with E-state index in [-0.39, 0.29) is 17.9 Å². The number of nitrogens with one attached hydrogen (secondary N) is 2. The second kappa shape index (κ2) is 5.73. The lowest BCUT2D eigenvalue weighted by molar-refractivity contribution is -0.114. The van der Waals surface area contributed by atoms with Crippen molar-refractivity contribution in [3.8, 4) is 0 Å². The first kappa shape index (κ1) is 14.5. The highest BCUT2D eigenvalue weighted by atomic mass is 32.1. The lowest BCUT2D eigenvalue weighted by atomic mass is 9.98. The summed E-state index contributed by atoms with van der Waals surface area (Å²) in [6.45, 7) is 1.43. The van der Waals surface area contributed by atoms with Crippen LogP contribution < -0.4 is 10.6 Å². The number of hydrogen-bond donors (Lipinski definition) is 2. The van der Waals surface area contributed by atoms with E-state index >= 15 is 0 Å². The summed E-state index contributed by atoms with van der Waals surface area (Å²) in [5.41, 5.74) is 0.414. The molecule has 0 spiro atoms. The Hall–Kier alpha value is -1.47. The molecule has 2 saturated heterocycles. The maximum Gasteiger partial charge on any atom is 0.273 e. The molecule has 2 aliphatic rings. The zero-order chi connectivity index (χ0) is 15.0. The molecule has 6 nitrogen and oxygen atoms in total. The smallest absolute Gasteiger partial charge is 0.273 e. The molecule has 2 aliphatic heterocycles. The largest absolute Gasteiger partial charge is 0.337 e. The monoisotopic (exact) mass is 308 g/mol. The second-order valence-corrected chi connectivity index (χ2v) is 6.76. The number of fused-ring (bicyclic) bond motifs is 2. The number of piperidine rings is 1. The van der Waals surface area contributed by atoms with Crippen LogP contribution in [0.1, 0.15) is 43.1 Å². The Bertz CT molecular complexity index is 547. The molecule has 2 N–H and O–H groups in total. The van der Waals surface area contributed by atoms with Crippen molar-refractivity contribution in [3.63, 3.8) is 0 Å². The Morgan fingerprint density at radius 3 is 2.67 bits per heavy atom. The maximum absolute atomic E-state index is 12.5. The van der Waals surface area contributed by atoms with Crippen LogP contribution in [-0.4, -0.2) is 46.9 Å². The first-order valence-electron chi connectivity index (χ1n) is 7.29. The van der Waals surface area contributed by atoms with Crippen LogP contribution in [-0.2, 0) is 4.79 Å². The van der Waals surface area contributed by atoms with Gasteiger partial charge in [0.25, 0.3) is 5.91 Å². The van der Waals surface area contributed by atoms with Gasteiger partial charge in [-0.25, -0.2) is 4.98 Å². The van der Waals surface area contributed by atoms with Gasteiger partial charge < -0.3 is 15.5 Å². The fourth-order valence-corrected chi connectivity index (χ4v) is 4.00. The molecular weight excluding hydrogens is 288 g/mol. The Balaban J connectivity index is 1.66. The summed E-state index contributed by atoms with van der Waals surface area (Å²) in [6.07, 6.45) is 4.46. The van der Waals surface area contributed by atoms with E-state index in [0.29, 0.717) is 22.9 Å². The molecule has 0 aromatic carbocycles. The van der Waals surface area contributed by atoms with E-state index in [1.54, 1.807) is 5.38 Å². The standard InChI is InChI=1S/C14H20N4O2S/c1-8(19)15-14-17-12(7-21-14)13(20)18(2)11-5-9-3-4-10(6-11)16-9/h7,9-11,16H,3-6H2,1-2H3,(H,15,17,19). The van der Waals surface area contributed by atoms with Gasteiger partial charge in [-0.2, -0.15) is 0 Å². The fourth-order valence-electron chi connectivity index (χ4n) is 3.27. The van der Waals surface area contributed by atoms with E-state index in [2.05, 4.69) is 15.6 Å². The van der Waals surface area contributed by atoms with Gasteiger partial charge in [-0.3, -0.25) is 9.59 Å². The third-order valence-electron chi connectivity index (χ3n) is 4.32. The van der Waals surface area contributed by atoms with Crippen molar-refractivity contribution in [2.75, 3.05) is 12.4 Å². The Morgan fingerprint density at radius 2 is 2.05 bits per heavy atom. The Morgan fingerprint density at radius 1 is 1.38 bits per heavy atom. The topological polar surface area (TPSA) is 74.3 Å². The molecule has 7 heteroatoms. The Labute approximate surface area is 127 Å². The summed E-state index contributed by atoms with van der Waals surface area (Å²) < 4.78 is 0. The van der Waals surface area contributed by atoms with E-state index in [4.69, 9.17) is 0 Å². The zero-order valence-corrected chi connectivity index (χ0v) is 13.1. The fraction of sp³-hybridized carbons (Fsp3) is 0.643. The average molecular weight is 308 g/mol. The summed E-state index contributed by atoms with van der Waals surface area (Å²) >= 11 is 1.28. The van der Waals surface area contributed by atoms with Gasteiger partial charge in [-0.05, 0) is 25.7 Å². The van der Waals surface area contributed by atoms with Crippen molar-refractivity contribution in [1.82, 2.24) is 15.2 Å². The highest BCUT2D eigenvalue weighted by molar-refractivity contribution is 7.14. The molecule has 3 rings (SSSR count). The van der Waals surface area contributed by atoms with E-state index in [1.807, 2.05) is 11.9 Å². The van der Waals surface area contributed by atoms with E-state index in [0.717, 1.165) is 12.8 Å². The second-order valence-electron chi connectivity index (χ2n) is 5.90. The molecule has 0 aliphatic carbocycles. The molecule has 2 unspecified atom stereocenters. The lowest BCUT2D eigenvalue weighted by Crippen LogP contribution is -2.48. The van der Waals surface area contributed by atoms with Gasteiger partial charge in [0.1, 0.15) is 5.69 Å². The van der Waals surface area contributed by atoms with E-state index in [1.165, 1.54) is 31.1 Å². The van der Waals surface area contributed by atoms with Crippen molar-refractivity contribution in [1.29, 1.82) is 0 Å². The molecule has 2 atom stereocenters. The Kier molecular flexibility index (Phi) is 3.95. The average Bonchev–Trinajstić information content (AvgIpc) is 3.03. The zero-order valence-electron chi connectivity index (χ0n) is 12.3. The van der Waals surface area contributed by atoms with Crippen molar-refractivity contribution in [2.24, 2.45) is 0 Å². The predicted molar refractivity (Wildman–Crippen MR) is 81.5 cm³/mol. The van der Waals surface area contributed by atoms with Crippen molar-refractivity contribution < 1.29 is 9.59 Å². The highest BCUT2D eigenvalue weighted by Gasteiger charge is 2.36. The summed E-state index contributed by atoms with van der Waals surface area (Å²) in [5.74, 6) is -0.235. The number of rotatable bonds is 3. The molecule has 0 saturated carbocycles. The summed E-state index contributed by atoms with van der Waals surface area (Å²) in [4.78, 5) is 29.5. The van der Waals surface area contributed by atoms with Crippen LogP contribution in [0.3, 0.4) is 0 Å². The van der Waals surface area contributed by atoms with E-state index < -0.39 is 0 Å². The molecule has 2 bridgehead atoms. The van der Waals surface area contributed by atoms with Crippen molar-refractivity contribution >= 4 is 28.3 Å². The highest BCUT2D eigenvalue weighted by Crippen LogP contribution is 2.30. The molecular formula is C14H20N4O2S.